The Morgan fingerprint density at radius 1 is 1.05 bits per heavy atom. The zero-order chi connectivity index (χ0) is 15.0. The maximum Gasteiger partial charge on any atom is 0.126 e. The fraction of sp³-hybridized carbons (Fsp3) is 0.0667. The molecule has 0 unspecified atom stereocenters. The number of halogens is 4. The predicted molar refractivity (Wildman–Crippen MR) is 87.1 cm³/mol. The van der Waals surface area contributed by atoms with Gasteiger partial charge in [0.05, 0.1) is 15.7 Å². The van der Waals surface area contributed by atoms with Crippen LogP contribution in [0.25, 0.3) is 10.9 Å². The molecule has 3 rings (SSSR count). The van der Waals surface area contributed by atoms with Gasteiger partial charge in [0.25, 0.3) is 0 Å². The molecule has 0 radical (unpaired) electrons. The SMILES string of the molecule is Fc1cc(Cl)c(NCc2c[nH]c3cc(Cl)ccc23)c(Cl)c1. The largest absolute Gasteiger partial charge is 0.378 e. The van der Waals surface area contributed by atoms with Crippen LogP contribution in [0.3, 0.4) is 0 Å². The van der Waals surface area contributed by atoms with E-state index < -0.39 is 5.82 Å². The maximum atomic E-state index is 13.2. The highest BCUT2D eigenvalue weighted by atomic mass is 35.5. The Morgan fingerprint density at radius 2 is 1.76 bits per heavy atom. The van der Waals surface area contributed by atoms with Crippen molar-refractivity contribution in [2.24, 2.45) is 0 Å². The minimum atomic E-state index is -0.461. The van der Waals surface area contributed by atoms with Crippen LogP contribution in [-0.2, 0) is 6.54 Å². The van der Waals surface area contributed by atoms with Gasteiger partial charge >= 0.3 is 0 Å². The van der Waals surface area contributed by atoms with Gasteiger partial charge in [-0.3, -0.25) is 0 Å². The van der Waals surface area contributed by atoms with Gasteiger partial charge in [-0.15, -0.1) is 0 Å². The van der Waals surface area contributed by atoms with Crippen LogP contribution in [0.5, 0.6) is 0 Å². The summed E-state index contributed by atoms with van der Waals surface area (Å²) >= 11 is 18.0. The molecule has 108 valence electrons. The standard InChI is InChI=1S/C15H10Cl3FN2/c16-9-1-2-11-8(6-20-14(11)3-9)7-21-15-12(17)4-10(19)5-13(15)18/h1-6,20-21H,7H2. The summed E-state index contributed by atoms with van der Waals surface area (Å²) in [5, 5.41) is 5.37. The number of nitrogens with one attached hydrogen (secondary N) is 2. The third kappa shape index (κ3) is 2.95. The number of H-pyrrole nitrogens is 1. The smallest absolute Gasteiger partial charge is 0.126 e. The first-order valence-electron chi connectivity index (χ1n) is 6.18. The summed E-state index contributed by atoms with van der Waals surface area (Å²) in [5.74, 6) is -0.461. The van der Waals surface area contributed by atoms with Gasteiger partial charge in [-0.25, -0.2) is 4.39 Å². The summed E-state index contributed by atoms with van der Waals surface area (Å²) < 4.78 is 13.2. The van der Waals surface area contributed by atoms with E-state index in [0.29, 0.717) is 17.3 Å². The van der Waals surface area contributed by atoms with Crippen molar-refractivity contribution in [3.05, 3.63) is 63.0 Å². The van der Waals surface area contributed by atoms with Crippen molar-refractivity contribution in [2.75, 3.05) is 5.32 Å². The summed E-state index contributed by atoms with van der Waals surface area (Å²) in [5.41, 5.74) is 2.51. The van der Waals surface area contributed by atoms with E-state index in [-0.39, 0.29) is 10.0 Å². The first kappa shape index (κ1) is 14.5. The van der Waals surface area contributed by atoms with Crippen molar-refractivity contribution in [1.29, 1.82) is 0 Å². The van der Waals surface area contributed by atoms with Crippen LogP contribution < -0.4 is 5.32 Å². The van der Waals surface area contributed by atoms with Crippen molar-refractivity contribution in [1.82, 2.24) is 4.98 Å². The molecule has 0 aliphatic carbocycles. The molecule has 0 bridgehead atoms. The normalized spacial score (nSPS) is 11.0. The van der Waals surface area contributed by atoms with E-state index in [0.717, 1.165) is 16.5 Å². The molecule has 0 amide bonds. The first-order valence-corrected chi connectivity index (χ1v) is 7.32. The van der Waals surface area contributed by atoms with Crippen LogP contribution in [0, 0.1) is 5.82 Å². The Bertz CT molecular complexity index is 791. The Labute approximate surface area is 135 Å². The topological polar surface area (TPSA) is 27.8 Å². The molecule has 0 fully saturated rings. The lowest BCUT2D eigenvalue weighted by Crippen LogP contribution is -2.00. The molecular weight excluding hydrogens is 334 g/mol. The second-order valence-corrected chi connectivity index (χ2v) is 5.85. The predicted octanol–water partition coefficient (Wildman–Crippen LogP) is 5.88. The number of hydrogen-bond acceptors (Lipinski definition) is 1. The number of hydrogen-bond donors (Lipinski definition) is 2. The number of rotatable bonds is 3. The number of anilines is 1. The van der Waals surface area contributed by atoms with Gasteiger partial charge in [0, 0.05) is 28.7 Å². The summed E-state index contributed by atoms with van der Waals surface area (Å²) in [4.78, 5) is 3.15. The number of fused-ring (bicyclic) bond motifs is 1. The monoisotopic (exact) mass is 342 g/mol. The lowest BCUT2D eigenvalue weighted by molar-refractivity contribution is 0.628. The fourth-order valence-corrected chi connectivity index (χ4v) is 2.97. The van der Waals surface area contributed by atoms with Gasteiger partial charge in [-0.1, -0.05) is 40.9 Å². The van der Waals surface area contributed by atoms with Crippen LogP contribution in [0.4, 0.5) is 10.1 Å². The number of benzene rings is 2. The molecule has 0 saturated carbocycles. The van der Waals surface area contributed by atoms with Crippen molar-refractivity contribution in [3.8, 4) is 0 Å². The van der Waals surface area contributed by atoms with Crippen molar-refractivity contribution in [2.45, 2.75) is 6.54 Å². The molecule has 0 aliphatic heterocycles. The molecule has 0 atom stereocenters. The molecule has 2 N–H and O–H groups in total. The van der Waals surface area contributed by atoms with Gasteiger partial charge in [0.15, 0.2) is 0 Å². The highest BCUT2D eigenvalue weighted by Gasteiger charge is 2.10. The van der Waals surface area contributed by atoms with E-state index in [1.165, 1.54) is 12.1 Å². The van der Waals surface area contributed by atoms with Crippen molar-refractivity contribution >= 4 is 51.4 Å². The summed E-state index contributed by atoms with van der Waals surface area (Å²) in [6, 6.07) is 8.09. The summed E-state index contributed by atoms with van der Waals surface area (Å²) in [6.45, 7) is 0.507. The molecule has 2 aromatic carbocycles. The second-order valence-electron chi connectivity index (χ2n) is 4.60. The molecule has 1 aromatic heterocycles. The second kappa shape index (κ2) is 5.76. The van der Waals surface area contributed by atoms with Crippen LogP contribution in [0.2, 0.25) is 15.1 Å². The van der Waals surface area contributed by atoms with E-state index in [1.54, 1.807) is 0 Å². The first-order chi connectivity index (χ1) is 10.0. The quantitative estimate of drug-likeness (QED) is 0.610. The van der Waals surface area contributed by atoms with Crippen LogP contribution >= 0.6 is 34.8 Å². The molecule has 2 nitrogen and oxygen atoms in total. The highest BCUT2D eigenvalue weighted by Crippen LogP contribution is 2.32. The number of aromatic nitrogens is 1. The lowest BCUT2D eigenvalue weighted by Gasteiger charge is -2.10. The zero-order valence-electron chi connectivity index (χ0n) is 10.7. The van der Waals surface area contributed by atoms with E-state index in [2.05, 4.69) is 10.3 Å². The minimum absolute atomic E-state index is 0.253. The van der Waals surface area contributed by atoms with Crippen molar-refractivity contribution < 1.29 is 4.39 Å². The van der Waals surface area contributed by atoms with Crippen LogP contribution in [-0.4, -0.2) is 4.98 Å². The van der Waals surface area contributed by atoms with Crippen LogP contribution in [0.15, 0.2) is 36.5 Å². The van der Waals surface area contributed by atoms with E-state index in [1.807, 2.05) is 24.4 Å². The molecule has 0 saturated heterocycles. The average molecular weight is 344 g/mol. The van der Waals surface area contributed by atoms with E-state index in [4.69, 9.17) is 34.8 Å². The maximum absolute atomic E-state index is 13.2. The Balaban J connectivity index is 1.87. The van der Waals surface area contributed by atoms with Gasteiger partial charge in [0.1, 0.15) is 5.82 Å². The molecule has 6 heteroatoms. The Kier molecular flexibility index (Phi) is 3.98. The molecule has 21 heavy (non-hydrogen) atoms. The lowest BCUT2D eigenvalue weighted by atomic mass is 10.1. The summed E-state index contributed by atoms with van der Waals surface area (Å²) in [7, 11) is 0. The Morgan fingerprint density at radius 3 is 2.48 bits per heavy atom. The third-order valence-corrected chi connectivity index (χ3v) is 4.02. The highest BCUT2D eigenvalue weighted by molar-refractivity contribution is 6.39. The van der Waals surface area contributed by atoms with E-state index >= 15 is 0 Å². The fourth-order valence-electron chi connectivity index (χ4n) is 2.20. The van der Waals surface area contributed by atoms with Gasteiger partial charge < -0.3 is 10.3 Å². The zero-order valence-corrected chi connectivity index (χ0v) is 13.0. The summed E-state index contributed by atoms with van der Waals surface area (Å²) in [6.07, 6.45) is 1.89. The number of aromatic amines is 1. The van der Waals surface area contributed by atoms with Crippen molar-refractivity contribution in [3.63, 3.8) is 0 Å². The van der Waals surface area contributed by atoms with Gasteiger partial charge in [-0.05, 0) is 29.8 Å². The minimum Gasteiger partial charge on any atom is -0.378 e. The average Bonchev–Trinajstić information content (AvgIpc) is 2.79. The molecular formula is C15H10Cl3FN2. The molecule has 0 aliphatic rings. The van der Waals surface area contributed by atoms with Crippen LogP contribution in [0.1, 0.15) is 5.56 Å². The van der Waals surface area contributed by atoms with Gasteiger partial charge in [-0.2, -0.15) is 0 Å². The Hall–Kier alpha value is -1.42. The van der Waals surface area contributed by atoms with E-state index in [9.17, 15) is 4.39 Å². The molecule has 0 spiro atoms. The molecule has 1 heterocycles. The molecule has 3 aromatic rings. The third-order valence-electron chi connectivity index (χ3n) is 3.19. The van der Waals surface area contributed by atoms with Gasteiger partial charge in [0.2, 0.25) is 0 Å².